The fraction of sp³-hybridized carbons (Fsp3) is 0.238. The number of epoxide rings is 1. The highest BCUT2D eigenvalue weighted by atomic mass is 19.3. The van der Waals surface area contributed by atoms with Gasteiger partial charge in [0.1, 0.15) is 17.3 Å². The molecule has 7 heteroatoms. The van der Waals surface area contributed by atoms with Crippen LogP contribution in [0.1, 0.15) is 28.1 Å². The number of halogens is 4. The molecule has 0 N–H and O–H groups in total. The molecule has 28 heavy (non-hydrogen) atoms. The van der Waals surface area contributed by atoms with Crippen LogP contribution in [0, 0.1) is 18.6 Å². The number of alkyl halides is 2. The van der Waals surface area contributed by atoms with E-state index in [0.717, 1.165) is 29.0 Å². The van der Waals surface area contributed by atoms with E-state index in [1.54, 1.807) is 12.3 Å². The molecule has 1 unspecified atom stereocenters. The van der Waals surface area contributed by atoms with Gasteiger partial charge in [0.15, 0.2) is 5.60 Å². The number of aryl methyl sites for hydroxylation is 1. The third-order valence-corrected chi connectivity index (χ3v) is 4.83. The highest BCUT2D eigenvalue weighted by Crippen LogP contribution is 2.56. The van der Waals surface area contributed by atoms with Gasteiger partial charge in [0, 0.05) is 36.1 Å². The van der Waals surface area contributed by atoms with Gasteiger partial charge in [0.05, 0.1) is 6.61 Å². The summed E-state index contributed by atoms with van der Waals surface area (Å²) in [5.74, 6) is -5.48. The molecular formula is C21H16F4N2O. The maximum absolute atomic E-state index is 15.1. The maximum atomic E-state index is 15.1. The summed E-state index contributed by atoms with van der Waals surface area (Å²) in [4.78, 5) is 8.10. The number of aromatic nitrogens is 2. The Bertz CT molecular complexity index is 1000. The first-order chi connectivity index (χ1) is 13.3. The van der Waals surface area contributed by atoms with Crippen LogP contribution in [-0.4, -0.2) is 16.6 Å². The molecule has 1 saturated heterocycles. The van der Waals surface area contributed by atoms with Gasteiger partial charge in [-0.3, -0.25) is 9.97 Å². The number of ether oxygens (including phenoxy) is 1. The molecule has 0 bridgehead atoms. The molecule has 2 aromatic heterocycles. The highest BCUT2D eigenvalue weighted by Gasteiger charge is 2.68. The van der Waals surface area contributed by atoms with Crippen molar-refractivity contribution in [2.24, 2.45) is 0 Å². The first-order valence-electron chi connectivity index (χ1n) is 8.66. The number of pyridine rings is 2. The van der Waals surface area contributed by atoms with E-state index in [9.17, 15) is 8.78 Å². The molecule has 3 aromatic rings. The summed E-state index contributed by atoms with van der Waals surface area (Å²) in [5.41, 5.74) is -0.513. The van der Waals surface area contributed by atoms with Crippen molar-refractivity contribution >= 4 is 0 Å². The molecular weight excluding hydrogens is 372 g/mol. The zero-order valence-corrected chi connectivity index (χ0v) is 14.9. The molecule has 1 atom stereocenters. The van der Waals surface area contributed by atoms with Crippen molar-refractivity contribution in [1.82, 2.24) is 9.97 Å². The second kappa shape index (κ2) is 6.67. The molecule has 3 nitrogen and oxygen atoms in total. The van der Waals surface area contributed by atoms with Gasteiger partial charge in [-0.2, -0.15) is 8.78 Å². The minimum absolute atomic E-state index is 0.374. The first-order valence-corrected chi connectivity index (χ1v) is 8.66. The molecule has 0 aliphatic carbocycles. The molecule has 0 radical (unpaired) electrons. The third-order valence-electron chi connectivity index (χ3n) is 4.83. The molecule has 0 spiro atoms. The monoisotopic (exact) mass is 388 g/mol. The van der Waals surface area contributed by atoms with Crippen LogP contribution in [0.4, 0.5) is 17.6 Å². The zero-order valence-electron chi connectivity index (χ0n) is 14.9. The summed E-state index contributed by atoms with van der Waals surface area (Å²) in [6.07, 6.45) is 3.59. The van der Waals surface area contributed by atoms with E-state index >= 15 is 8.78 Å². The van der Waals surface area contributed by atoms with E-state index in [1.165, 1.54) is 12.3 Å². The van der Waals surface area contributed by atoms with Crippen LogP contribution in [0.15, 0.2) is 54.9 Å². The van der Waals surface area contributed by atoms with Crippen LogP contribution in [0.3, 0.4) is 0 Å². The fourth-order valence-corrected chi connectivity index (χ4v) is 3.16. The molecule has 1 aromatic carbocycles. The topological polar surface area (TPSA) is 38.3 Å². The lowest BCUT2D eigenvalue weighted by Gasteiger charge is -2.24. The molecule has 0 saturated carbocycles. The maximum Gasteiger partial charge on any atom is 0.324 e. The fourth-order valence-electron chi connectivity index (χ4n) is 3.16. The van der Waals surface area contributed by atoms with Crippen LogP contribution in [0.5, 0.6) is 0 Å². The van der Waals surface area contributed by atoms with Gasteiger partial charge in [-0.05, 0) is 42.3 Å². The lowest BCUT2D eigenvalue weighted by molar-refractivity contribution is -0.0901. The Kier molecular flexibility index (Phi) is 4.42. The SMILES string of the molecule is Cc1ccc(Cc2ccc(C(F)(F)C3(c4ccc(F)cc4F)CO3)nc2)cn1. The minimum Gasteiger partial charge on any atom is -0.357 e. The van der Waals surface area contributed by atoms with Gasteiger partial charge >= 0.3 is 5.92 Å². The van der Waals surface area contributed by atoms with Crippen molar-refractivity contribution in [2.45, 2.75) is 24.9 Å². The van der Waals surface area contributed by atoms with Gasteiger partial charge in [0.25, 0.3) is 0 Å². The molecule has 1 aliphatic rings. The molecule has 144 valence electrons. The number of benzene rings is 1. The summed E-state index contributed by atoms with van der Waals surface area (Å²) in [6.45, 7) is 1.50. The number of hydrogen-bond donors (Lipinski definition) is 0. The summed E-state index contributed by atoms with van der Waals surface area (Å²) < 4.78 is 62.4. The Morgan fingerprint density at radius 1 is 1.00 bits per heavy atom. The third kappa shape index (κ3) is 3.16. The van der Waals surface area contributed by atoms with E-state index in [0.29, 0.717) is 12.5 Å². The Hall–Kier alpha value is -2.80. The molecule has 1 aliphatic heterocycles. The second-order valence-electron chi connectivity index (χ2n) is 6.85. The van der Waals surface area contributed by atoms with Crippen LogP contribution < -0.4 is 0 Å². The van der Waals surface area contributed by atoms with Crippen molar-refractivity contribution in [3.63, 3.8) is 0 Å². The number of hydrogen-bond acceptors (Lipinski definition) is 3. The molecule has 3 heterocycles. The van der Waals surface area contributed by atoms with Crippen molar-refractivity contribution in [2.75, 3.05) is 6.61 Å². The normalized spacial score (nSPS) is 18.9. The van der Waals surface area contributed by atoms with Crippen molar-refractivity contribution in [3.05, 3.63) is 94.6 Å². The lowest BCUT2D eigenvalue weighted by atomic mass is 9.90. The van der Waals surface area contributed by atoms with Gasteiger partial charge in [-0.15, -0.1) is 0 Å². The lowest BCUT2D eigenvalue weighted by Crippen LogP contribution is -2.34. The summed E-state index contributed by atoms with van der Waals surface area (Å²) in [6, 6.07) is 9.04. The van der Waals surface area contributed by atoms with Gasteiger partial charge < -0.3 is 4.74 Å². The quantitative estimate of drug-likeness (QED) is 0.471. The average Bonchev–Trinajstić information content (AvgIpc) is 3.46. The Labute approximate surface area is 159 Å². The van der Waals surface area contributed by atoms with Crippen molar-refractivity contribution in [3.8, 4) is 0 Å². The summed E-state index contributed by atoms with van der Waals surface area (Å²) in [7, 11) is 0. The first kappa shape index (κ1) is 18.6. The molecule has 0 amide bonds. The van der Waals surface area contributed by atoms with Crippen LogP contribution in [-0.2, 0) is 22.7 Å². The minimum atomic E-state index is -3.57. The van der Waals surface area contributed by atoms with E-state index in [-0.39, 0.29) is 12.2 Å². The van der Waals surface area contributed by atoms with Crippen molar-refractivity contribution < 1.29 is 22.3 Å². The van der Waals surface area contributed by atoms with Gasteiger partial charge in [-0.1, -0.05) is 12.1 Å². The Morgan fingerprint density at radius 3 is 2.21 bits per heavy atom. The van der Waals surface area contributed by atoms with Crippen LogP contribution in [0.2, 0.25) is 0 Å². The van der Waals surface area contributed by atoms with Crippen molar-refractivity contribution in [1.29, 1.82) is 0 Å². The smallest absolute Gasteiger partial charge is 0.324 e. The highest BCUT2D eigenvalue weighted by molar-refractivity contribution is 5.36. The van der Waals surface area contributed by atoms with E-state index < -0.39 is 28.9 Å². The summed E-state index contributed by atoms with van der Waals surface area (Å²) in [5, 5.41) is 0. The molecule has 4 rings (SSSR count). The largest absolute Gasteiger partial charge is 0.357 e. The van der Waals surface area contributed by atoms with Gasteiger partial charge in [-0.25, -0.2) is 8.78 Å². The van der Waals surface area contributed by atoms with Gasteiger partial charge in [0.2, 0.25) is 0 Å². The number of nitrogens with zero attached hydrogens (tertiary/aromatic N) is 2. The van der Waals surface area contributed by atoms with E-state index in [1.807, 2.05) is 19.1 Å². The Balaban J connectivity index is 1.60. The average molecular weight is 388 g/mol. The molecule has 1 fully saturated rings. The standard InChI is InChI=1S/C21H16F4N2O/c1-13-2-3-14(10-26-13)8-15-4-7-19(27-11-15)21(24,25)20(12-28-20)17-6-5-16(22)9-18(17)23/h2-7,9-11H,8,12H2,1H3. The Morgan fingerprint density at radius 2 is 1.68 bits per heavy atom. The predicted octanol–water partition coefficient (Wildman–Crippen LogP) is 4.67. The predicted molar refractivity (Wildman–Crippen MR) is 93.9 cm³/mol. The van der Waals surface area contributed by atoms with E-state index in [2.05, 4.69) is 9.97 Å². The van der Waals surface area contributed by atoms with Crippen LogP contribution >= 0.6 is 0 Å². The number of rotatable bonds is 5. The zero-order chi connectivity index (χ0) is 19.9. The van der Waals surface area contributed by atoms with Crippen LogP contribution in [0.25, 0.3) is 0 Å². The van der Waals surface area contributed by atoms with E-state index in [4.69, 9.17) is 4.74 Å². The summed E-state index contributed by atoms with van der Waals surface area (Å²) >= 11 is 0. The second-order valence-corrected chi connectivity index (χ2v) is 6.85.